The van der Waals surface area contributed by atoms with Gasteiger partial charge in [0.2, 0.25) is 11.8 Å². The van der Waals surface area contributed by atoms with Crippen LogP contribution in [0.2, 0.25) is 0 Å². The van der Waals surface area contributed by atoms with Crippen LogP contribution in [0.3, 0.4) is 0 Å². The summed E-state index contributed by atoms with van der Waals surface area (Å²) in [6.45, 7) is 2.31. The third-order valence-electron chi connectivity index (χ3n) is 4.01. The van der Waals surface area contributed by atoms with Gasteiger partial charge in [-0.1, -0.05) is 6.07 Å². The van der Waals surface area contributed by atoms with E-state index in [9.17, 15) is 9.59 Å². The molecule has 2 atom stereocenters. The van der Waals surface area contributed by atoms with Crippen molar-refractivity contribution in [1.82, 2.24) is 9.80 Å². The first-order valence-electron chi connectivity index (χ1n) is 7.77. The molecule has 2 amide bonds. The molecule has 6 nitrogen and oxygen atoms in total. The fraction of sp³-hybridized carbons (Fsp3) is 0.529. The van der Waals surface area contributed by atoms with Crippen molar-refractivity contribution in [2.24, 2.45) is 0 Å². The van der Waals surface area contributed by atoms with E-state index >= 15 is 0 Å². The third-order valence-corrected chi connectivity index (χ3v) is 5.40. The summed E-state index contributed by atoms with van der Waals surface area (Å²) in [4.78, 5) is 27.7. The summed E-state index contributed by atoms with van der Waals surface area (Å²) in [7, 11) is 6.62. The van der Waals surface area contributed by atoms with Crippen molar-refractivity contribution >= 4 is 23.6 Å². The molecule has 1 aliphatic rings. The zero-order valence-corrected chi connectivity index (χ0v) is 15.6. The van der Waals surface area contributed by atoms with Crippen LogP contribution in [0.25, 0.3) is 0 Å². The Bertz CT molecular complexity index is 621. The van der Waals surface area contributed by atoms with Gasteiger partial charge in [0.05, 0.1) is 19.5 Å². The van der Waals surface area contributed by atoms with E-state index in [1.54, 1.807) is 49.9 Å². The fourth-order valence-corrected chi connectivity index (χ4v) is 3.90. The molecule has 1 fully saturated rings. The summed E-state index contributed by atoms with van der Waals surface area (Å²) in [5, 5.41) is -0.250. The van der Waals surface area contributed by atoms with Crippen molar-refractivity contribution in [2.45, 2.75) is 24.0 Å². The van der Waals surface area contributed by atoms with E-state index in [1.807, 2.05) is 25.1 Å². The molecule has 0 aliphatic carbocycles. The molecule has 7 heteroatoms. The minimum absolute atomic E-state index is 0.0124. The number of rotatable bonds is 6. The predicted molar refractivity (Wildman–Crippen MR) is 94.4 cm³/mol. The number of hydrogen-bond acceptors (Lipinski definition) is 5. The number of carbonyl (C=O) groups is 2. The van der Waals surface area contributed by atoms with E-state index in [-0.39, 0.29) is 22.4 Å². The topological polar surface area (TPSA) is 59.1 Å². The standard InChI is InChI=1S/C17H24N2O4S/c1-11-16(21)19(9-8-15(20)18(2)3)17(24-11)12-6-7-13(22-4)14(10-12)23-5/h6-7,10-11,17H,8-9H2,1-5H3/t11-,17-/m0/s1. The van der Waals surface area contributed by atoms with Gasteiger partial charge in [-0.15, -0.1) is 11.8 Å². The molecule has 1 aromatic carbocycles. The van der Waals surface area contributed by atoms with Crippen LogP contribution in [0, 0.1) is 0 Å². The second kappa shape index (κ2) is 7.79. The number of carbonyl (C=O) groups excluding carboxylic acids is 2. The lowest BCUT2D eigenvalue weighted by molar-refractivity contribution is -0.132. The Morgan fingerprint density at radius 2 is 1.92 bits per heavy atom. The normalized spacial score (nSPS) is 20.2. The largest absolute Gasteiger partial charge is 0.493 e. The molecular weight excluding hydrogens is 328 g/mol. The van der Waals surface area contributed by atoms with Crippen LogP contribution in [0.15, 0.2) is 18.2 Å². The van der Waals surface area contributed by atoms with Gasteiger partial charge in [0.25, 0.3) is 0 Å². The van der Waals surface area contributed by atoms with Gasteiger partial charge in [0, 0.05) is 27.1 Å². The number of hydrogen-bond donors (Lipinski definition) is 0. The molecule has 2 rings (SSSR count). The van der Waals surface area contributed by atoms with Gasteiger partial charge < -0.3 is 19.3 Å². The van der Waals surface area contributed by atoms with Crippen molar-refractivity contribution < 1.29 is 19.1 Å². The van der Waals surface area contributed by atoms with Crippen LogP contribution in [-0.2, 0) is 9.59 Å². The Morgan fingerprint density at radius 1 is 1.25 bits per heavy atom. The smallest absolute Gasteiger partial charge is 0.236 e. The lowest BCUT2D eigenvalue weighted by atomic mass is 10.1. The molecule has 0 radical (unpaired) electrons. The monoisotopic (exact) mass is 352 g/mol. The van der Waals surface area contributed by atoms with Crippen LogP contribution >= 0.6 is 11.8 Å². The summed E-state index contributed by atoms with van der Waals surface area (Å²) in [5.41, 5.74) is 0.965. The Hall–Kier alpha value is -1.89. The summed E-state index contributed by atoms with van der Waals surface area (Å²) in [6, 6.07) is 5.67. The van der Waals surface area contributed by atoms with Gasteiger partial charge in [-0.2, -0.15) is 0 Å². The number of methoxy groups -OCH3 is 2. The molecule has 132 valence electrons. The van der Waals surface area contributed by atoms with Crippen LogP contribution in [0.4, 0.5) is 0 Å². The second-order valence-electron chi connectivity index (χ2n) is 5.81. The zero-order valence-electron chi connectivity index (χ0n) is 14.7. The maximum atomic E-state index is 12.5. The highest BCUT2D eigenvalue weighted by Gasteiger charge is 2.38. The van der Waals surface area contributed by atoms with Crippen molar-refractivity contribution in [3.8, 4) is 11.5 Å². The highest BCUT2D eigenvalue weighted by molar-refractivity contribution is 8.01. The number of thioether (sulfide) groups is 1. The number of ether oxygens (including phenoxy) is 2. The first kappa shape index (κ1) is 18.4. The van der Waals surface area contributed by atoms with Crippen molar-refractivity contribution in [1.29, 1.82) is 0 Å². The summed E-state index contributed by atoms with van der Waals surface area (Å²) in [5.74, 6) is 1.36. The Morgan fingerprint density at radius 3 is 2.50 bits per heavy atom. The predicted octanol–water partition coefficient (Wildman–Crippen LogP) is 2.14. The number of nitrogens with zero attached hydrogens (tertiary/aromatic N) is 2. The Kier molecular flexibility index (Phi) is 5.99. The SMILES string of the molecule is COc1ccc([C@@H]2S[C@@H](C)C(=O)N2CCC(=O)N(C)C)cc1OC. The van der Waals surface area contributed by atoms with E-state index in [4.69, 9.17) is 9.47 Å². The molecule has 1 aliphatic heterocycles. The summed E-state index contributed by atoms with van der Waals surface area (Å²) in [6.07, 6.45) is 0.315. The molecule has 0 bridgehead atoms. The van der Waals surface area contributed by atoms with Crippen LogP contribution < -0.4 is 9.47 Å². The lowest BCUT2D eigenvalue weighted by Crippen LogP contribution is -2.34. The van der Waals surface area contributed by atoms with Gasteiger partial charge in [-0.05, 0) is 24.6 Å². The van der Waals surface area contributed by atoms with Gasteiger partial charge in [-0.25, -0.2) is 0 Å². The molecular formula is C17H24N2O4S. The van der Waals surface area contributed by atoms with Crippen molar-refractivity contribution in [3.05, 3.63) is 23.8 Å². The van der Waals surface area contributed by atoms with E-state index < -0.39 is 0 Å². The molecule has 0 unspecified atom stereocenters. The van der Waals surface area contributed by atoms with Gasteiger partial charge in [0.1, 0.15) is 5.37 Å². The van der Waals surface area contributed by atoms with E-state index in [1.165, 1.54) is 0 Å². The Labute approximate surface area is 147 Å². The fourth-order valence-electron chi connectivity index (χ4n) is 2.61. The minimum Gasteiger partial charge on any atom is -0.493 e. The highest BCUT2D eigenvalue weighted by Crippen LogP contribution is 2.44. The van der Waals surface area contributed by atoms with Crippen LogP contribution in [-0.4, -0.2) is 61.7 Å². The maximum absolute atomic E-state index is 12.5. The minimum atomic E-state index is -0.127. The molecule has 1 saturated heterocycles. The van der Waals surface area contributed by atoms with Crippen LogP contribution in [0.1, 0.15) is 24.3 Å². The van der Waals surface area contributed by atoms with Crippen LogP contribution in [0.5, 0.6) is 11.5 Å². The summed E-state index contributed by atoms with van der Waals surface area (Å²) >= 11 is 1.58. The van der Waals surface area contributed by atoms with Crippen molar-refractivity contribution in [2.75, 3.05) is 34.9 Å². The van der Waals surface area contributed by atoms with Gasteiger partial charge in [-0.3, -0.25) is 9.59 Å². The average Bonchev–Trinajstić information content (AvgIpc) is 2.86. The molecule has 24 heavy (non-hydrogen) atoms. The van der Waals surface area contributed by atoms with E-state index in [0.29, 0.717) is 24.5 Å². The van der Waals surface area contributed by atoms with Crippen molar-refractivity contribution in [3.63, 3.8) is 0 Å². The first-order chi connectivity index (χ1) is 11.4. The third kappa shape index (κ3) is 3.77. The van der Waals surface area contributed by atoms with Gasteiger partial charge >= 0.3 is 0 Å². The molecule has 0 spiro atoms. The first-order valence-corrected chi connectivity index (χ1v) is 8.71. The average molecular weight is 352 g/mol. The molecule has 0 saturated carbocycles. The zero-order chi connectivity index (χ0) is 17.9. The maximum Gasteiger partial charge on any atom is 0.236 e. The second-order valence-corrected chi connectivity index (χ2v) is 7.24. The molecule has 1 heterocycles. The molecule has 1 aromatic rings. The van der Waals surface area contributed by atoms with Gasteiger partial charge in [0.15, 0.2) is 11.5 Å². The van der Waals surface area contributed by atoms with E-state index in [0.717, 1.165) is 5.56 Å². The van der Waals surface area contributed by atoms with E-state index in [2.05, 4.69) is 0 Å². The lowest BCUT2D eigenvalue weighted by Gasteiger charge is -2.25. The highest BCUT2D eigenvalue weighted by atomic mass is 32.2. The molecule has 0 N–H and O–H groups in total. The molecule has 0 aromatic heterocycles. The quantitative estimate of drug-likeness (QED) is 0.785. The summed E-state index contributed by atoms with van der Waals surface area (Å²) < 4.78 is 10.6. The number of amides is 2. The Balaban J connectivity index is 2.23. The number of benzene rings is 1.